The van der Waals surface area contributed by atoms with Gasteiger partial charge in [0.1, 0.15) is 6.29 Å². The Morgan fingerprint density at radius 3 is 2.77 bits per heavy atom. The first-order valence-corrected chi connectivity index (χ1v) is 4.45. The van der Waals surface area contributed by atoms with E-state index in [2.05, 4.69) is 0 Å². The summed E-state index contributed by atoms with van der Waals surface area (Å²) in [6.45, 7) is 4.72. The van der Waals surface area contributed by atoms with Crippen molar-refractivity contribution in [1.29, 1.82) is 0 Å². The van der Waals surface area contributed by atoms with Gasteiger partial charge in [-0.05, 0) is 11.8 Å². The van der Waals surface area contributed by atoms with Crippen molar-refractivity contribution in [3.8, 4) is 0 Å². The standard InChI is InChI=1S/C9H16N2O2/c1-9(2)3-7(5-12)11(6-9)8(13)4-10/h5,7H,3-4,6,10H2,1-2H3/t7-/m0/s1. The summed E-state index contributed by atoms with van der Waals surface area (Å²) in [7, 11) is 0. The van der Waals surface area contributed by atoms with E-state index < -0.39 is 0 Å². The summed E-state index contributed by atoms with van der Waals surface area (Å²) in [5, 5.41) is 0. The Morgan fingerprint density at radius 2 is 2.31 bits per heavy atom. The molecule has 0 bridgehead atoms. The van der Waals surface area contributed by atoms with Crippen molar-refractivity contribution < 1.29 is 9.59 Å². The van der Waals surface area contributed by atoms with Gasteiger partial charge in [0.05, 0.1) is 12.6 Å². The van der Waals surface area contributed by atoms with Crippen molar-refractivity contribution >= 4 is 12.2 Å². The Bertz CT molecular complexity index is 226. The Hall–Kier alpha value is -0.900. The molecule has 4 heteroatoms. The zero-order valence-corrected chi connectivity index (χ0v) is 8.12. The summed E-state index contributed by atoms with van der Waals surface area (Å²) >= 11 is 0. The van der Waals surface area contributed by atoms with E-state index in [1.165, 1.54) is 0 Å². The molecular weight excluding hydrogens is 168 g/mol. The highest BCUT2D eigenvalue weighted by Crippen LogP contribution is 2.32. The van der Waals surface area contributed by atoms with Crippen molar-refractivity contribution in [2.45, 2.75) is 26.3 Å². The Kier molecular flexibility index (Phi) is 2.71. The highest BCUT2D eigenvalue weighted by molar-refractivity contribution is 5.82. The summed E-state index contributed by atoms with van der Waals surface area (Å²) in [5.74, 6) is -0.136. The number of carbonyl (C=O) groups excluding carboxylic acids is 2. The second-order valence-electron chi connectivity index (χ2n) is 4.30. The third kappa shape index (κ3) is 2.06. The molecule has 13 heavy (non-hydrogen) atoms. The van der Waals surface area contributed by atoms with Gasteiger partial charge in [0.25, 0.3) is 0 Å². The summed E-state index contributed by atoms with van der Waals surface area (Å²) < 4.78 is 0. The highest BCUT2D eigenvalue weighted by Gasteiger charge is 2.39. The van der Waals surface area contributed by atoms with Crippen LogP contribution in [0.5, 0.6) is 0 Å². The minimum absolute atomic E-state index is 0.0135. The Morgan fingerprint density at radius 1 is 1.69 bits per heavy atom. The molecule has 0 aliphatic carbocycles. The number of aldehydes is 1. The molecule has 1 atom stereocenters. The molecule has 1 heterocycles. The lowest BCUT2D eigenvalue weighted by Crippen LogP contribution is -2.40. The zero-order chi connectivity index (χ0) is 10.1. The van der Waals surface area contributed by atoms with Crippen molar-refractivity contribution in [2.75, 3.05) is 13.1 Å². The van der Waals surface area contributed by atoms with Crippen molar-refractivity contribution in [2.24, 2.45) is 11.1 Å². The average Bonchev–Trinajstić information content (AvgIpc) is 2.39. The first-order chi connectivity index (χ1) is 6.00. The molecule has 1 saturated heterocycles. The van der Waals surface area contributed by atoms with Gasteiger partial charge in [-0.1, -0.05) is 13.8 Å². The van der Waals surface area contributed by atoms with Gasteiger partial charge in [-0.3, -0.25) is 4.79 Å². The fraction of sp³-hybridized carbons (Fsp3) is 0.778. The maximum atomic E-state index is 11.3. The van der Waals surface area contributed by atoms with Gasteiger partial charge in [0.15, 0.2) is 0 Å². The van der Waals surface area contributed by atoms with E-state index in [1.807, 2.05) is 13.8 Å². The molecule has 0 aromatic carbocycles. The number of likely N-dealkylation sites (tertiary alicyclic amines) is 1. The fourth-order valence-corrected chi connectivity index (χ4v) is 1.83. The van der Waals surface area contributed by atoms with Crippen molar-refractivity contribution in [3.63, 3.8) is 0 Å². The molecule has 0 saturated carbocycles. The van der Waals surface area contributed by atoms with E-state index in [4.69, 9.17) is 5.73 Å². The van der Waals surface area contributed by atoms with Gasteiger partial charge in [-0.15, -0.1) is 0 Å². The molecule has 1 rings (SSSR count). The van der Waals surface area contributed by atoms with E-state index >= 15 is 0 Å². The van der Waals surface area contributed by atoms with Crippen LogP contribution in [0.4, 0.5) is 0 Å². The van der Waals surface area contributed by atoms with E-state index in [1.54, 1.807) is 4.90 Å². The minimum atomic E-state index is -0.272. The summed E-state index contributed by atoms with van der Waals surface area (Å²) in [6, 6.07) is -0.272. The number of hydrogen-bond acceptors (Lipinski definition) is 3. The average molecular weight is 184 g/mol. The maximum absolute atomic E-state index is 11.3. The van der Waals surface area contributed by atoms with Crippen LogP contribution in [-0.4, -0.2) is 36.2 Å². The lowest BCUT2D eigenvalue weighted by molar-refractivity contribution is -0.133. The first kappa shape index (κ1) is 10.2. The molecule has 0 aromatic heterocycles. The number of nitrogens with two attached hydrogens (primary N) is 1. The molecule has 74 valence electrons. The number of carbonyl (C=O) groups is 2. The van der Waals surface area contributed by atoms with Crippen LogP contribution < -0.4 is 5.73 Å². The van der Waals surface area contributed by atoms with Gasteiger partial charge in [0, 0.05) is 6.54 Å². The smallest absolute Gasteiger partial charge is 0.236 e. The molecule has 1 fully saturated rings. The number of hydrogen-bond donors (Lipinski definition) is 1. The van der Waals surface area contributed by atoms with Crippen LogP contribution in [0, 0.1) is 5.41 Å². The van der Waals surface area contributed by atoms with Gasteiger partial charge < -0.3 is 15.4 Å². The van der Waals surface area contributed by atoms with E-state index in [9.17, 15) is 9.59 Å². The van der Waals surface area contributed by atoms with Crippen LogP contribution in [0.3, 0.4) is 0 Å². The third-order valence-corrected chi connectivity index (χ3v) is 2.41. The third-order valence-electron chi connectivity index (χ3n) is 2.41. The normalized spacial score (nSPS) is 26.1. The van der Waals surface area contributed by atoms with E-state index in [-0.39, 0.29) is 23.9 Å². The van der Waals surface area contributed by atoms with Crippen LogP contribution >= 0.6 is 0 Å². The van der Waals surface area contributed by atoms with Crippen LogP contribution in [0.2, 0.25) is 0 Å². The summed E-state index contributed by atoms with van der Waals surface area (Å²) in [5.41, 5.74) is 5.29. The van der Waals surface area contributed by atoms with Gasteiger partial charge in [-0.25, -0.2) is 0 Å². The minimum Gasteiger partial charge on any atom is -0.331 e. The fourth-order valence-electron chi connectivity index (χ4n) is 1.83. The zero-order valence-electron chi connectivity index (χ0n) is 8.12. The van der Waals surface area contributed by atoms with Crippen molar-refractivity contribution in [1.82, 2.24) is 4.90 Å². The molecule has 1 aliphatic heterocycles. The number of amides is 1. The van der Waals surface area contributed by atoms with Crippen molar-refractivity contribution in [3.05, 3.63) is 0 Å². The van der Waals surface area contributed by atoms with E-state index in [0.29, 0.717) is 6.54 Å². The van der Waals surface area contributed by atoms with Gasteiger partial charge in [-0.2, -0.15) is 0 Å². The second-order valence-corrected chi connectivity index (χ2v) is 4.30. The van der Waals surface area contributed by atoms with Crippen LogP contribution in [0.25, 0.3) is 0 Å². The molecular formula is C9H16N2O2. The largest absolute Gasteiger partial charge is 0.331 e. The molecule has 2 N–H and O–H groups in total. The van der Waals surface area contributed by atoms with Gasteiger partial charge >= 0.3 is 0 Å². The lowest BCUT2D eigenvalue weighted by atomic mass is 9.91. The summed E-state index contributed by atoms with van der Waals surface area (Å²) in [4.78, 5) is 23.6. The predicted molar refractivity (Wildman–Crippen MR) is 49.0 cm³/mol. The molecule has 0 unspecified atom stereocenters. The van der Waals surface area contributed by atoms with Crippen LogP contribution in [0.1, 0.15) is 20.3 Å². The quantitative estimate of drug-likeness (QED) is 0.603. The topological polar surface area (TPSA) is 63.4 Å². The first-order valence-electron chi connectivity index (χ1n) is 4.45. The Labute approximate surface area is 78.1 Å². The molecule has 1 aliphatic rings. The molecule has 0 spiro atoms. The molecule has 0 aromatic rings. The number of nitrogens with zero attached hydrogens (tertiary/aromatic N) is 1. The monoisotopic (exact) mass is 184 g/mol. The predicted octanol–water partition coefficient (Wildman–Crippen LogP) is -0.229. The second kappa shape index (κ2) is 3.46. The maximum Gasteiger partial charge on any atom is 0.236 e. The Balaban J connectivity index is 2.74. The molecule has 4 nitrogen and oxygen atoms in total. The summed E-state index contributed by atoms with van der Waals surface area (Å²) in [6.07, 6.45) is 1.57. The molecule has 1 amide bonds. The number of rotatable bonds is 2. The van der Waals surface area contributed by atoms with Crippen LogP contribution in [0.15, 0.2) is 0 Å². The van der Waals surface area contributed by atoms with Crippen LogP contribution in [-0.2, 0) is 9.59 Å². The lowest BCUT2D eigenvalue weighted by Gasteiger charge is -2.20. The SMILES string of the molecule is CC1(C)C[C@@H](C=O)N(C(=O)CN)C1. The van der Waals surface area contributed by atoms with Gasteiger partial charge in [0.2, 0.25) is 5.91 Å². The highest BCUT2D eigenvalue weighted by atomic mass is 16.2. The van der Waals surface area contributed by atoms with E-state index in [0.717, 1.165) is 12.7 Å². The molecule has 0 radical (unpaired) electrons.